The second-order valence-electron chi connectivity index (χ2n) is 6.14. The molecule has 2 aliphatic rings. The van der Waals surface area contributed by atoms with Gasteiger partial charge in [-0.05, 0) is 18.6 Å². The number of fused-ring (bicyclic) bond motifs is 2. The van der Waals surface area contributed by atoms with Crippen molar-refractivity contribution >= 4 is 23.1 Å². The summed E-state index contributed by atoms with van der Waals surface area (Å²) in [7, 11) is 0. The average Bonchev–Trinajstić information content (AvgIpc) is 3.16. The van der Waals surface area contributed by atoms with Crippen molar-refractivity contribution in [1.82, 2.24) is 20.0 Å². The summed E-state index contributed by atoms with van der Waals surface area (Å²) in [5.74, 6) is -0.555. The molecule has 25 heavy (non-hydrogen) atoms. The number of benzene rings is 1. The highest BCUT2D eigenvalue weighted by Crippen LogP contribution is 2.44. The van der Waals surface area contributed by atoms with Crippen LogP contribution < -0.4 is 10.2 Å². The van der Waals surface area contributed by atoms with Gasteiger partial charge in [-0.15, -0.1) is 0 Å². The van der Waals surface area contributed by atoms with Gasteiger partial charge in [-0.2, -0.15) is 10.2 Å². The van der Waals surface area contributed by atoms with Gasteiger partial charge in [0.25, 0.3) is 0 Å². The van der Waals surface area contributed by atoms with Crippen LogP contribution in [0.1, 0.15) is 18.2 Å². The third-order valence-electron chi connectivity index (χ3n) is 4.68. The lowest BCUT2D eigenvalue weighted by Gasteiger charge is -2.36. The minimum absolute atomic E-state index is 0.0285. The number of aromatic nitrogens is 4. The van der Waals surface area contributed by atoms with Crippen molar-refractivity contribution in [1.29, 1.82) is 0 Å². The second kappa shape index (κ2) is 5.19. The Morgan fingerprint density at radius 1 is 1.16 bits per heavy atom. The predicted molar refractivity (Wildman–Crippen MR) is 89.5 cm³/mol. The lowest BCUT2D eigenvalue weighted by molar-refractivity contribution is 0.472. The molecule has 0 aliphatic carbocycles. The lowest BCUT2D eigenvalue weighted by atomic mass is 10.1. The fourth-order valence-electron chi connectivity index (χ4n) is 3.64. The molecule has 9 heteroatoms. The summed E-state index contributed by atoms with van der Waals surface area (Å²) < 4.78 is 31.1. The van der Waals surface area contributed by atoms with E-state index in [1.807, 2.05) is 9.58 Å². The second-order valence-corrected chi connectivity index (χ2v) is 6.58. The molecule has 0 fully saturated rings. The van der Waals surface area contributed by atoms with Crippen molar-refractivity contribution in [2.75, 3.05) is 16.8 Å². The summed E-state index contributed by atoms with van der Waals surface area (Å²) >= 11 is 5.78. The van der Waals surface area contributed by atoms with E-state index in [1.165, 1.54) is 0 Å². The molecule has 0 saturated heterocycles. The van der Waals surface area contributed by atoms with Crippen LogP contribution in [0.4, 0.5) is 20.3 Å². The highest BCUT2D eigenvalue weighted by Gasteiger charge is 2.36. The van der Waals surface area contributed by atoms with E-state index in [1.54, 1.807) is 12.4 Å². The standard InChI is InChI=1S/C16H13ClF2N6/c17-8-4-10(18)13(11(19)5-8)15-22-12-7-20-23-14(12)9-6-21-25-3-1-2-24(15)16(9)25/h4-7,15,22H,1-3H2,(H,20,23). The quantitative estimate of drug-likeness (QED) is 0.695. The van der Waals surface area contributed by atoms with E-state index in [9.17, 15) is 8.78 Å². The van der Waals surface area contributed by atoms with Gasteiger partial charge in [0, 0.05) is 18.1 Å². The first-order chi connectivity index (χ1) is 12.1. The molecular formula is C16H13ClF2N6. The Kier molecular flexibility index (Phi) is 3.05. The minimum Gasteiger partial charge on any atom is -0.358 e. The molecule has 3 aromatic rings. The Morgan fingerprint density at radius 2 is 1.96 bits per heavy atom. The zero-order chi connectivity index (χ0) is 17.1. The number of hydrogen-bond acceptors (Lipinski definition) is 4. The van der Waals surface area contributed by atoms with Gasteiger partial charge < -0.3 is 10.2 Å². The van der Waals surface area contributed by atoms with Crippen LogP contribution in [0.15, 0.2) is 24.5 Å². The van der Waals surface area contributed by atoms with Crippen LogP contribution in [0.3, 0.4) is 0 Å². The molecule has 0 saturated carbocycles. The summed E-state index contributed by atoms with van der Waals surface area (Å²) in [6.07, 6.45) is 3.46. The van der Waals surface area contributed by atoms with Crippen molar-refractivity contribution < 1.29 is 8.78 Å². The molecule has 0 spiro atoms. The van der Waals surface area contributed by atoms with Crippen molar-refractivity contribution in [3.8, 4) is 11.3 Å². The van der Waals surface area contributed by atoms with Crippen LogP contribution in [-0.4, -0.2) is 26.5 Å². The van der Waals surface area contributed by atoms with Gasteiger partial charge in [0.05, 0.1) is 34.9 Å². The van der Waals surface area contributed by atoms with Crippen molar-refractivity contribution in [2.45, 2.75) is 19.1 Å². The molecule has 2 aromatic heterocycles. The number of halogens is 3. The highest BCUT2D eigenvalue weighted by atomic mass is 35.5. The Hall–Kier alpha value is -2.61. The largest absolute Gasteiger partial charge is 0.358 e. The fraction of sp³-hybridized carbons (Fsp3) is 0.250. The SMILES string of the molecule is Fc1cc(Cl)cc(F)c1C1Nc2cn[nH]c2-c2cnn3c2N1CCC3. The molecule has 0 amide bonds. The number of aromatic amines is 1. The van der Waals surface area contributed by atoms with Crippen molar-refractivity contribution in [3.63, 3.8) is 0 Å². The Bertz CT molecular complexity index is 958. The van der Waals surface area contributed by atoms with Gasteiger partial charge in [0.15, 0.2) is 0 Å². The molecule has 0 bridgehead atoms. The number of hydrogen-bond donors (Lipinski definition) is 2. The summed E-state index contributed by atoms with van der Waals surface area (Å²) in [6.45, 7) is 1.41. The number of rotatable bonds is 1. The Morgan fingerprint density at radius 3 is 2.76 bits per heavy atom. The molecule has 1 aromatic carbocycles. The molecule has 2 aliphatic heterocycles. The number of nitrogens with one attached hydrogen (secondary N) is 2. The van der Waals surface area contributed by atoms with E-state index >= 15 is 0 Å². The molecule has 1 atom stereocenters. The molecule has 0 radical (unpaired) electrons. The van der Waals surface area contributed by atoms with Crippen LogP contribution in [0.25, 0.3) is 11.3 Å². The maximum absolute atomic E-state index is 14.6. The van der Waals surface area contributed by atoms with Gasteiger partial charge in [-0.3, -0.25) is 5.10 Å². The molecule has 1 unspecified atom stereocenters. The van der Waals surface area contributed by atoms with E-state index in [-0.39, 0.29) is 10.6 Å². The van der Waals surface area contributed by atoms with Gasteiger partial charge in [-0.25, -0.2) is 13.5 Å². The van der Waals surface area contributed by atoms with Crippen LogP contribution in [0.5, 0.6) is 0 Å². The first-order valence-corrected chi connectivity index (χ1v) is 8.28. The molecule has 2 N–H and O–H groups in total. The van der Waals surface area contributed by atoms with E-state index in [0.29, 0.717) is 12.2 Å². The van der Waals surface area contributed by atoms with E-state index in [2.05, 4.69) is 20.6 Å². The molecular weight excluding hydrogens is 350 g/mol. The third kappa shape index (κ3) is 2.07. The van der Waals surface area contributed by atoms with E-state index in [0.717, 1.165) is 42.2 Å². The number of anilines is 2. The first kappa shape index (κ1) is 14.7. The Labute approximate surface area is 146 Å². The molecule has 5 rings (SSSR count). The number of H-pyrrole nitrogens is 1. The summed E-state index contributed by atoms with van der Waals surface area (Å²) in [4.78, 5) is 1.94. The smallest absolute Gasteiger partial charge is 0.138 e. The summed E-state index contributed by atoms with van der Waals surface area (Å²) in [6, 6.07) is 2.26. The van der Waals surface area contributed by atoms with E-state index in [4.69, 9.17) is 11.6 Å². The van der Waals surface area contributed by atoms with Gasteiger partial charge >= 0.3 is 0 Å². The maximum Gasteiger partial charge on any atom is 0.138 e. The zero-order valence-corrected chi connectivity index (χ0v) is 13.7. The van der Waals surface area contributed by atoms with Gasteiger partial charge in [0.2, 0.25) is 0 Å². The third-order valence-corrected chi connectivity index (χ3v) is 4.90. The molecule has 6 nitrogen and oxygen atoms in total. The summed E-state index contributed by atoms with van der Waals surface area (Å²) in [5, 5.41) is 14.7. The zero-order valence-electron chi connectivity index (χ0n) is 12.9. The monoisotopic (exact) mass is 362 g/mol. The Balaban J connectivity index is 1.76. The van der Waals surface area contributed by atoms with Crippen LogP contribution in [0.2, 0.25) is 5.02 Å². The molecule has 128 valence electrons. The average molecular weight is 363 g/mol. The molecule has 4 heterocycles. The van der Waals surface area contributed by atoms with E-state index < -0.39 is 17.8 Å². The van der Waals surface area contributed by atoms with Crippen LogP contribution in [-0.2, 0) is 6.54 Å². The number of nitrogens with zero attached hydrogens (tertiary/aromatic N) is 4. The van der Waals surface area contributed by atoms with Gasteiger partial charge in [0.1, 0.15) is 23.6 Å². The minimum atomic E-state index is -0.731. The van der Waals surface area contributed by atoms with Crippen molar-refractivity contribution in [2.24, 2.45) is 0 Å². The van der Waals surface area contributed by atoms with Crippen LogP contribution in [0, 0.1) is 11.6 Å². The fourth-order valence-corrected chi connectivity index (χ4v) is 3.83. The first-order valence-electron chi connectivity index (χ1n) is 7.90. The van der Waals surface area contributed by atoms with Crippen molar-refractivity contribution in [3.05, 3.63) is 46.7 Å². The topological polar surface area (TPSA) is 61.8 Å². The summed E-state index contributed by atoms with van der Waals surface area (Å²) in [5.41, 5.74) is 2.21. The van der Waals surface area contributed by atoms with Gasteiger partial charge in [-0.1, -0.05) is 11.6 Å². The van der Waals surface area contributed by atoms with Crippen LogP contribution >= 0.6 is 11.6 Å². The normalized spacial score (nSPS) is 18.4. The number of aryl methyl sites for hydroxylation is 1. The maximum atomic E-state index is 14.6. The lowest BCUT2D eigenvalue weighted by Crippen LogP contribution is -2.39. The predicted octanol–water partition coefficient (Wildman–Crippen LogP) is 3.54. The highest BCUT2D eigenvalue weighted by molar-refractivity contribution is 6.30.